The molecule has 0 aliphatic rings. The molecular weight excluding hydrogens is 328 g/mol. The monoisotopic (exact) mass is 347 g/mol. The highest BCUT2D eigenvalue weighted by Gasteiger charge is 2.23. The molecule has 132 valence electrons. The molecule has 1 unspecified atom stereocenters. The van der Waals surface area contributed by atoms with E-state index in [4.69, 9.17) is 4.74 Å². The van der Waals surface area contributed by atoms with E-state index in [-0.39, 0.29) is 24.8 Å². The Kier molecular flexibility index (Phi) is 6.22. The summed E-state index contributed by atoms with van der Waals surface area (Å²) >= 11 is 0. The van der Waals surface area contributed by atoms with Crippen LogP contribution in [-0.4, -0.2) is 30.4 Å². The van der Waals surface area contributed by atoms with E-state index in [0.717, 1.165) is 0 Å². The van der Waals surface area contributed by atoms with Crippen molar-refractivity contribution in [1.29, 1.82) is 0 Å². The van der Waals surface area contributed by atoms with Crippen LogP contribution in [0, 0.1) is 17.6 Å². The topological polar surface area (TPSA) is 46.6 Å². The summed E-state index contributed by atoms with van der Waals surface area (Å²) in [7, 11) is 1.28. The maximum atomic E-state index is 13.1. The first-order chi connectivity index (χ1) is 11.9. The summed E-state index contributed by atoms with van der Waals surface area (Å²) in [6, 6.07) is 10.9. The van der Waals surface area contributed by atoms with Crippen LogP contribution in [-0.2, 0) is 16.1 Å². The lowest BCUT2D eigenvalue weighted by atomic mass is 10.1. The maximum absolute atomic E-state index is 13.1. The van der Waals surface area contributed by atoms with Gasteiger partial charge in [-0.1, -0.05) is 19.1 Å². The molecule has 0 aliphatic carbocycles. The molecule has 1 atom stereocenters. The number of esters is 1. The number of hydrogen-bond acceptors (Lipinski definition) is 3. The van der Waals surface area contributed by atoms with Crippen LogP contribution in [0.15, 0.2) is 48.5 Å². The summed E-state index contributed by atoms with van der Waals surface area (Å²) in [6.45, 7) is 1.97. The van der Waals surface area contributed by atoms with Gasteiger partial charge in [0.2, 0.25) is 0 Å². The first-order valence-corrected chi connectivity index (χ1v) is 7.78. The van der Waals surface area contributed by atoms with Crippen LogP contribution in [0.1, 0.15) is 22.8 Å². The van der Waals surface area contributed by atoms with Crippen molar-refractivity contribution in [2.45, 2.75) is 13.5 Å². The molecule has 2 aromatic rings. The lowest BCUT2D eigenvalue weighted by Crippen LogP contribution is -2.36. The van der Waals surface area contributed by atoms with E-state index < -0.39 is 17.7 Å². The van der Waals surface area contributed by atoms with E-state index in [1.54, 1.807) is 19.1 Å². The van der Waals surface area contributed by atoms with Crippen LogP contribution in [0.5, 0.6) is 0 Å². The highest BCUT2D eigenvalue weighted by Crippen LogP contribution is 2.14. The van der Waals surface area contributed by atoms with Crippen molar-refractivity contribution >= 4 is 11.9 Å². The lowest BCUT2D eigenvalue weighted by Gasteiger charge is -2.25. The first-order valence-electron chi connectivity index (χ1n) is 7.78. The Bertz CT molecular complexity index is 729. The van der Waals surface area contributed by atoms with Crippen molar-refractivity contribution in [3.8, 4) is 0 Å². The Morgan fingerprint density at radius 2 is 1.52 bits per heavy atom. The van der Waals surface area contributed by atoms with Crippen LogP contribution >= 0.6 is 0 Å². The van der Waals surface area contributed by atoms with Crippen LogP contribution in [0.3, 0.4) is 0 Å². The minimum atomic E-state index is -0.533. The number of nitrogens with zero attached hydrogens (tertiary/aromatic N) is 1. The zero-order valence-electron chi connectivity index (χ0n) is 14.0. The molecule has 4 nitrogen and oxygen atoms in total. The Morgan fingerprint density at radius 1 is 1.00 bits per heavy atom. The van der Waals surface area contributed by atoms with Gasteiger partial charge in [-0.15, -0.1) is 0 Å². The summed E-state index contributed by atoms with van der Waals surface area (Å²) in [5.41, 5.74) is 1.02. The van der Waals surface area contributed by atoms with Crippen molar-refractivity contribution in [1.82, 2.24) is 4.90 Å². The van der Waals surface area contributed by atoms with Gasteiger partial charge in [0.1, 0.15) is 11.6 Å². The minimum Gasteiger partial charge on any atom is -0.469 e. The minimum absolute atomic E-state index is 0.125. The largest absolute Gasteiger partial charge is 0.469 e. The summed E-state index contributed by atoms with van der Waals surface area (Å²) in [5, 5.41) is 0. The lowest BCUT2D eigenvalue weighted by molar-refractivity contribution is -0.145. The van der Waals surface area contributed by atoms with Gasteiger partial charge in [0.25, 0.3) is 5.91 Å². The molecular formula is C19H19F2NO3. The number of carbonyl (C=O) groups is 2. The van der Waals surface area contributed by atoms with Crippen molar-refractivity contribution in [3.63, 3.8) is 0 Å². The number of halogens is 2. The van der Waals surface area contributed by atoms with Crippen LogP contribution < -0.4 is 0 Å². The fraction of sp³-hybridized carbons (Fsp3) is 0.263. The second kappa shape index (κ2) is 8.37. The van der Waals surface area contributed by atoms with E-state index in [1.165, 1.54) is 48.4 Å². The molecule has 2 aromatic carbocycles. The molecule has 2 rings (SSSR count). The highest BCUT2D eigenvalue weighted by molar-refractivity contribution is 5.94. The van der Waals surface area contributed by atoms with Gasteiger partial charge in [-0.3, -0.25) is 9.59 Å². The maximum Gasteiger partial charge on any atom is 0.310 e. The zero-order valence-corrected chi connectivity index (χ0v) is 14.0. The smallest absolute Gasteiger partial charge is 0.310 e. The molecule has 0 saturated carbocycles. The van der Waals surface area contributed by atoms with E-state index in [1.807, 2.05) is 0 Å². The number of carbonyl (C=O) groups excluding carboxylic acids is 2. The molecule has 1 amide bonds. The Labute approximate surface area is 145 Å². The number of hydrogen-bond donors (Lipinski definition) is 0. The molecule has 0 bridgehead atoms. The predicted molar refractivity (Wildman–Crippen MR) is 88.7 cm³/mol. The molecule has 0 aromatic heterocycles. The average Bonchev–Trinajstić information content (AvgIpc) is 2.62. The quantitative estimate of drug-likeness (QED) is 0.752. The first kappa shape index (κ1) is 18.6. The molecule has 6 heteroatoms. The Hall–Kier alpha value is -2.76. The SMILES string of the molecule is COC(=O)C(C)CN(Cc1ccc(F)cc1)C(=O)c1ccc(F)cc1. The highest BCUT2D eigenvalue weighted by atomic mass is 19.1. The predicted octanol–water partition coefficient (Wildman–Crippen LogP) is 3.42. The van der Waals surface area contributed by atoms with Crippen LogP contribution in [0.4, 0.5) is 8.78 Å². The number of ether oxygens (including phenoxy) is 1. The van der Waals surface area contributed by atoms with Crippen molar-refractivity contribution in [2.75, 3.05) is 13.7 Å². The van der Waals surface area contributed by atoms with Gasteiger partial charge in [0.15, 0.2) is 0 Å². The number of benzene rings is 2. The molecule has 0 radical (unpaired) electrons. The molecule has 0 fully saturated rings. The van der Waals surface area contributed by atoms with E-state index in [0.29, 0.717) is 11.1 Å². The average molecular weight is 347 g/mol. The van der Waals surface area contributed by atoms with Crippen LogP contribution in [0.2, 0.25) is 0 Å². The number of amides is 1. The van der Waals surface area contributed by atoms with Gasteiger partial charge >= 0.3 is 5.97 Å². The molecule has 25 heavy (non-hydrogen) atoms. The molecule has 0 N–H and O–H groups in total. The van der Waals surface area contributed by atoms with Gasteiger partial charge in [-0.25, -0.2) is 8.78 Å². The van der Waals surface area contributed by atoms with Crippen LogP contribution in [0.25, 0.3) is 0 Å². The summed E-state index contributed by atoms with van der Waals surface area (Å²) in [4.78, 5) is 25.9. The van der Waals surface area contributed by atoms with Crippen molar-refractivity contribution in [3.05, 3.63) is 71.3 Å². The molecule has 0 heterocycles. The second-order valence-electron chi connectivity index (χ2n) is 5.74. The van der Waals surface area contributed by atoms with E-state index >= 15 is 0 Å². The molecule has 0 aliphatic heterocycles. The van der Waals surface area contributed by atoms with Gasteiger partial charge in [0.05, 0.1) is 13.0 Å². The fourth-order valence-corrected chi connectivity index (χ4v) is 2.41. The third kappa shape index (κ3) is 5.11. The van der Waals surface area contributed by atoms with E-state index in [9.17, 15) is 18.4 Å². The summed E-state index contributed by atoms with van der Waals surface area (Å²) in [6.07, 6.45) is 0. The third-order valence-corrected chi connectivity index (χ3v) is 3.76. The number of rotatable bonds is 6. The Morgan fingerprint density at radius 3 is 2.04 bits per heavy atom. The molecule has 0 saturated heterocycles. The van der Waals surface area contributed by atoms with E-state index in [2.05, 4.69) is 0 Å². The Balaban J connectivity index is 2.23. The standard InChI is InChI=1S/C19H19F2NO3/c1-13(19(24)25-2)11-22(12-14-3-7-16(20)8-4-14)18(23)15-5-9-17(21)10-6-15/h3-10,13H,11-12H2,1-2H3. The normalized spacial score (nSPS) is 11.7. The van der Waals surface area contributed by atoms with Gasteiger partial charge < -0.3 is 9.64 Å². The van der Waals surface area contributed by atoms with Gasteiger partial charge in [-0.05, 0) is 42.0 Å². The summed E-state index contributed by atoms with van der Waals surface area (Å²) < 4.78 is 30.8. The van der Waals surface area contributed by atoms with Crippen molar-refractivity contribution in [2.24, 2.45) is 5.92 Å². The summed E-state index contributed by atoms with van der Waals surface area (Å²) in [5.74, 6) is -2.13. The second-order valence-corrected chi connectivity index (χ2v) is 5.74. The third-order valence-electron chi connectivity index (χ3n) is 3.76. The van der Waals surface area contributed by atoms with Crippen molar-refractivity contribution < 1.29 is 23.1 Å². The fourth-order valence-electron chi connectivity index (χ4n) is 2.41. The molecule has 0 spiro atoms. The van der Waals surface area contributed by atoms with Gasteiger partial charge in [-0.2, -0.15) is 0 Å². The number of methoxy groups -OCH3 is 1. The zero-order chi connectivity index (χ0) is 18.4. The van der Waals surface area contributed by atoms with Gasteiger partial charge in [0, 0.05) is 18.7 Å².